The number of carbonyl (C=O) groups excluding carboxylic acids is 1. The van der Waals surface area contributed by atoms with E-state index in [1.807, 2.05) is 13.8 Å². The van der Waals surface area contributed by atoms with Crippen molar-refractivity contribution in [3.63, 3.8) is 0 Å². The molecule has 0 fully saturated rings. The number of thiophene rings is 1. The summed E-state index contributed by atoms with van der Waals surface area (Å²) in [5, 5.41) is 12.0. The van der Waals surface area contributed by atoms with Crippen LogP contribution in [0.3, 0.4) is 0 Å². The summed E-state index contributed by atoms with van der Waals surface area (Å²) in [6, 6.07) is -1.81. The van der Waals surface area contributed by atoms with Crippen molar-refractivity contribution in [1.82, 2.24) is 14.9 Å². The summed E-state index contributed by atoms with van der Waals surface area (Å²) >= 11 is 1.44. The topological polar surface area (TPSA) is 101 Å². The van der Waals surface area contributed by atoms with E-state index in [0.717, 1.165) is 10.4 Å². The van der Waals surface area contributed by atoms with Crippen LogP contribution in [0.15, 0.2) is 11.1 Å². The summed E-state index contributed by atoms with van der Waals surface area (Å²) in [4.78, 5) is 41.8. The molecule has 0 saturated heterocycles. The Morgan fingerprint density at radius 3 is 2.65 bits per heavy atom. The first kappa shape index (κ1) is 17.1. The molecular formula is C15H19N3O4S. The largest absolute Gasteiger partial charge is 0.480 e. The number of aromatic nitrogens is 2. The van der Waals surface area contributed by atoms with Crippen LogP contribution in [0.25, 0.3) is 10.2 Å². The van der Waals surface area contributed by atoms with E-state index >= 15 is 0 Å². The maximum absolute atomic E-state index is 12.6. The third-order valence-corrected chi connectivity index (χ3v) is 5.05. The smallest absolute Gasteiger partial charge is 0.326 e. The number of nitrogens with zero attached hydrogens (tertiary/aromatic N) is 2. The van der Waals surface area contributed by atoms with Gasteiger partial charge in [-0.3, -0.25) is 14.2 Å². The molecule has 124 valence electrons. The van der Waals surface area contributed by atoms with Crippen LogP contribution in [0, 0.1) is 13.8 Å². The van der Waals surface area contributed by atoms with Crippen LogP contribution in [0.5, 0.6) is 0 Å². The number of carbonyl (C=O) groups is 2. The number of hydrogen-bond donors (Lipinski definition) is 2. The van der Waals surface area contributed by atoms with Crippen molar-refractivity contribution in [2.45, 2.75) is 46.2 Å². The molecule has 2 aromatic heterocycles. The lowest BCUT2D eigenvalue weighted by Gasteiger charge is -2.18. The van der Waals surface area contributed by atoms with E-state index in [0.29, 0.717) is 10.2 Å². The highest BCUT2D eigenvalue weighted by Gasteiger charge is 2.24. The van der Waals surface area contributed by atoms with Crippen molar-refractivity contribution >= 4 is 33.4 Å². The van der Waals surface area contributed by atoms with Crippen molar-refractivity contribution < 1.29 is 14.7 Å². The summed E-state index contributed by atoms with van der Waals surface area (Å²) in [7, 11) is 0. The molecule has 0 saturated carbocycles. The molecule has 2 N–H and O–H groups in total. The molecule has 0 radical (unpaired) electrons. The summed E-state index contributed by atoms with van der Waals surface area (Å²) in [5.41, 5.74) is 0.573. The molecule has 2 atom stereocenters. The van der Waals surface area contributed by atoms with Crippen LogP contribution in [-0.2, 0) is 9.59 Å². The van der Waals surface area contributed by atoms with E-state index in [9.17, 15) is 14.4 Å². The SMILES string of the molecule is CCC(NC(=O)C(C)n1cnc2sc(C)c(C)c2c1=O)C(=O)O. The van der Waals surface area contributed by atoms with Crippen molar-refractivity contribution in [1.29, 1.82) is 0 Å². The van der Waals surface area contributed by atoms with Crippen LogP contribution >= 0.6 is 11.3 Å². The van der Waals surface area contributed by atoms with Gasteiger partial charge < -0.3 is 10.4 Å². The number of aryl methyl sites for hydroxylation is 2. The molecule has 23 heavy (non-hydrogen) atoms. The zero-order valence-electron chi connectivity index (χ0n) is 13.4. The average molecular weight is 337 g/mol. The fourth-order valence-electron chi connectivity index (χ4n) is 2.28. The van der Waals surface area contributed by atoms with E-state index in [1.54, 1.807) is 13.8 Å². The van der Waals surface area contributed by atoms with Gasteiger partial charge >= 0.3 is 5.97 Å². The number of hydrogen-bond acceptors (Lipinski definition) is 5. The second kappa shape index (κ2) is 6.49. The second-order valence-corrected chi connectivity index (χ2v) is 6.61. The van der Waals surface area contributed by atoms with E-state index in [-0.39, 0.29) is 12.0 Å². The number of nitrogens with one attached hydrogen (secondary N) is 1. The molecule has 1 amide bonds. The highest BCUT2D eigenvalue weighted by Crippen LogP contribution is 2.25. The van der Waals surface area contributed by atoms with Gasteiger partial charge in [0, 0.05) is 4.88 Å². The summed E-state index contributed by atoms with van der Waals surface area (Å²) in [6.07, 6.45) is 1.61. The number of aliphatic carboxylic acids is 1. The van der Waals surface area contributed by atoms with Gasteiger partial charge in [0.25, 0.3) is 5.56 Å². The van der Waals surface area contributed by atoms with Crippen LogP contribution in [0.1, 0.15) is 36.8 Å². The van der Waals surface area contributed by atoms with Crippen molar-refractivity contribution in [3.05, 3.63) is 27.1 Å². The van der Waals surface area contributed by atoms with Crippen molar-refractivity contribution in [3.8, 4) is 0 Å². The quantitative estimate of drug-likeness (QED) is 0.863. The van der Waals surface area contributed by atoms with Gasteiger partial charge in [0.05, 0.1) is 11.7 Å². The highest BCUT2D eigenvalue weighted by molar-refractivity contribution is 7.18. The molecule has 2 unspecified atom stereocenters. The minimum Gasteiger partial charge on any atom is -0.480 e. The van der Waals surface area contributed by atoms with E-state index < -0.39 is 24.0 Å². The van der Waals surface area contributed by atoms with Gasteiger partial charge in [-0.2, -0.15) is 0 Å². The Morgan fingerprint density at radius 2 is 2.09 bits per heavy atom. The van der Waals surface area contributed by atoms with Gasteiger partial charge in [-0.25, -0.2) is 9.78 Å². The second-order valence-electron chi connectivity index (χ2n) is 5.40. The number of fused-ring (bicyclic) bond motifs is 1. The standard InChI is InChI=1S/C15H19N3O4S/c1-5-10(15(21)22)17-12(19)8(3)18-6-16-13-11(14(18)20)7(2)9(4)23-13/h6,8,10H,5H2,1-4H3,(H,17,19)(H,21,22). The van der Waals surface area contributed by atoms with Crippen molar-refractivity contribution in [2.24, 2.45) is 0 Å². The molecular weight excluding hydrogens is 318 g/mol. The van der Waals surface area contributed by atoms with Crippen LogP contribution in [0.2, 0.25) is 0 Å². The van der Waals surface area contributed by atoms with Crippen LogP contribution < -0.4 is 10.9 Å². The molecule has 0 aliphatic carbocycles. The minimum atomic E-state index is -1.10. The van der Waals surface area contributed by atoms with Gasteiger partial charge in [-0.15, -0.1) is 11.3 Å². The number of rotatable bonds is 5. The zero-order chi connectivity index (χ0) is 17.3. The van der Waals surface area contributed by atoms with E-state index in [4.69, 9.17) is 5.11 Å². The Bertz CT molecular complexity index is 824. The summed E-state index contributed by atoms with van der Waals surface area (Å²) < 4.78 is 1.24. The predicted molar refractivity (Wildman–Crippen MR) is 87.9 cm³/mol. The molecule has 0 bridgehead atoms. The van der Waals surface area contributed by atoms with Gasteiger partial charge in [0.2, 0.25) is 5.91 Å². The lowest BCUT2D eigenvalue weighted by molar-refractivity contribution is -0.142. The maximum Gasteiger partial charge on any atom is 0.326 e. The number of carboxylic acids is 1. The Hall–Kier alpha value is -2.22. The number of amides is 1. The molecule has 2 aromatic rings. The maximum atomic E-state index is 12.6. The third kappa shape index (κ3) is 3.12. The Labute approximate surface area is 137 Å². The van der Waals surface area contributed by atoms with Gasteiger partial charge in [-0.05, 0) is 32.8 Å². The molecule has 7 nitrogen and oxygen atoms in total. The normalized spacial score (nSPS) is 13.7. The fourth-order valence-corrected chi connectivity index (χ4v) is 3.27. The molecule has 8 heteroatoms. The molecule has 2 heterocycles. The average Bonchev–Trinajstić information content (AvgIpc) is 2.79. The van der Waals surface area contributed by atoms with Gasteiger partial charge in [-0.1, -0.05) is 6.92 Å². The van der Waals surface area contributed by atoms with Gasteiger partial charge in [0.1, 0.15) is 16.9 Å². The zero-order valence-corrected chi connectivity index (χ0v) is 14.2. The third-order valence-electron chi connectivity index (χ3n) is 3.93. The number of carboxylic acid groups (broad SMARTS) is 1. The summed E-state index contributed by atoms with van der Waals surface area (Å²) in [6.45, 7) is 6.98. The minimum absolute atomic E-state index is 0.267. The monoisotopic (exact) mass is 337 g/mol. The molecule has 0 spiro atoms. The lowest BCUT2D eigenvalue weighted by atomic mass is 10.2. The van der Waals surface area contributed by atoms with Gasteiger partial charge in [0.15, 0.2) is 0 Å². The van der Waals surface area contributed by atoms with E-state index in [1.165, 1.54) is 22.2 Å². The Balaban J connectivity index is 2.38. The first-order chi connectivity index (χ1) is 10.8. The fraction of sp³-hybridized carbons (Fsp3) is 0.467. The van der Waals surface area contributed by atoms with Crippen LogP contribution in [0.4, 0.5) is 0 Å². The molecule has 2 rings (SSSR count). The summed E-state index contributed by atoms with van der Waals surface area (Å²) in [5.74, 6) is -1.62. The Kier molecular flexibility index (Phi) is 4.84. The molecule has 0 aliphatic heterocycles. The first-order valence-corrected chi connectivity index (χ1v) is 8.09. The highest BCUT2D eigenvalue weighted by atomic mass is 32.1. The molecule has 0 aliphatic rings. The van der Waals surface area contributed by atoms with E-state index in [2.05, 4.69) is 10.3 Å². The van der Waals surface area contributed by atoms with Crippen molar-refractivity contribution in [2.75, 3.05) is 0 Å². The molecule has 0 aromatic carbocycles. The lowest BCUT2D eigenvalue weighted by Crippen LogP contribution is -2.44. The first-order valence-electron chi connectivity index (χ1n) is 7.27. The Morgan fingerprint density at radius 1 is 1.43 bits per heavy atom. The van der Waals surface area contributed by atoms with Crippen LogP contribution in [-0.4, -0.2) is 32.6 Å². The predicted octanol–water partition coefficient (Wildman–Crippen LogP) is 1.62.